The highest BCUT2D eigenvalue weighted by Crippen LogP contribution is 2.43. The summed E-state index contributed by atoms with van der Waals surface area (Å²) in [5.41, 5.74) is -0.757. The Hall–Kier alpha value is -1.99. The van der Waals surface area contributed by atoms with Crippen LogP contribution in [0.5, 0.6) is 0 Å². The summed E-state index contributed by atoms with van der Waals surface area (Å²) in [7, 11) is 0. The summed E-state index contributed by atoms with van der Waals surface area (Å²) in [6.07, 6.45) is 1.44. The first-order valence-corrected chi connectivity index (χ1v) is 7.20. The summed E-state index contributed by atoms with van der Waals surface area (Å²) < 4.78 is 19.1. The number of carbonyl (C=O) groups is 2. The third-order valence-electron chi connectivity index (χ3n) is 4.22. The lowest BCUT2D eigenvalue weighted by Gasteiger charge is -2.33. The first-order valence-electron chi connectivity index (χ1n) is 7.20. The summed E-state index contributed by atoms with van der Waals surface area (Å²) in [6, 6.07) is 3.36. The van der Waals surface area contributed by atoms with Gasteiger partial charge in [-0.05, 0) is 31.0 Å². The fraction of sp³-hybridized carbons (Fsp3) is 0.467. The van der Waals surface area contributed by atoms with E-state index in [4.69, 9.17) is 9.84 Å². The number of nitrogens with zero attached hydrogens (tertiary/aromatic N) is 1. The van der Waals surface area contributed by atoms with E-state index in [1.807, 2.05) is 0 Å². The molecule has 7 heteroatoms. The monoisotopic (exact) mass is 308 g/mol. The third-order valence-corrected chi connectivity index (χ3v) is 4.22. The maximum atomic E-state index is 13.8. The number of carboxylic acid groups (broad SMARTS) is 1. The Morgan fingerprint density at radius 3 is 2.55 bits per heavy atom. The molecule has 118 valence electrons. The van der Waals surface area contributed by atoms with Gasteiger partial charge in [0.05, 0.1) is 24.5 Å². The minimum atomic E-state index is -1.16. The molecule has 1 aromatic rings. The zero-order valence-corrected chi connectivity index (χ0v) is 12.0. The first kappa shape index (κ1) is 14.9. The van der Waals surface area contributed by atoms with Gasteiger partial charge in [0.1, 0.15) is 11.4 Å². The maximum Gasteiger partial charge on any atom is 0.335 e. The molecule has 2 fully saturated rings. The second kappa shape index (κ2) is 5.66. The van der Waals surface area contributed by atoms with Crippen molar-refractivity contribution in [3.8, 4) is 0 Å². The summed E-state index contributed by atoms with van der Waals surface area (Å²) >= 11 is 0. The van der Waals surface area contributed by atoms with Crippen LogP contribution < -0.4 is 5.32 Å². The zero-order valence-electron chi connectivity index (χ0n) is 12.0. The van der Waals surface area contributed by atoms with E-state index in [1.54, 1.807) is 0 Å². The molecule has 1 aromatic carbocycles. The second-order valence-electron chi connectivity index (χ2n) is 5.58. The summed E-state index contributed by atoms with van der Waals surface area (Å²) in [4.78, 5) is 25.5. The molecule has 1 amide bonds. The highest BCUT2D eigenvalue weighted by atomic mass is 19.1. The van der Waals surface area contributed by atoms with Crippen LogP contribution in [0, 0.1) is 5.82 Å². The number of nitrogens with one attached hydrogen (secondary N) is 1. The van der Waals surface area contributed by atoms with Gasteiger partial charge >= 0.3 is 5.97 Å². The minimum absolute atomic E-state index is 0.0621. The molecule has 1 aliphatic carbocycles. The molecule has 1 heterocycles. The molecule has 2 aliphatic rings. The fourth-order valence-electron chi connectivity index (χ4n) is 2.79. The van der Waals surface area contributed by atoms with Crippen molar-refractivity contribution in [3.63, 3.8) is 0 Å². The smallest absolute Gasteiger partial charge is 0.335 e. The number of benzene rings is 1. The summed E-state index contributed by atoms with van der Waals surface area (Å²) in [5.74, 6) is -2.09. The van der Waals surface area contributed by atoms with Gasteiger partial charge < -0.3 is 15.2 Å². The molecule has 2 N–H and O–H groups in total. The Morgan fingerprint density at radius 2 is 1.95 bits per heavy atom. The number of aromatic carboxylic acids is 1. The van der Waals surface area contributed by atoms with Gasteiger partial charge in [-0.1, -0.05) is 0 Å². The average Bonchev–Trinajstić information content (AvgIpc) is 3.32. The quantitative estimate of drug-likeness (QED) is 0.877. The lowest BCUT2D eigenvalue weighted by molar-refractivity contribution is -0.124. The number of rotatable bonds is 4. The van der Waals surface area contributed by atoms with E-state index in [0.717, 1.165) is 25.0 Å². The third kappa shape index (κ3) is 2.69. The molecule has 0 atom stereocenters. The van der Waals surface area contributed by atoms with Gasteiger partial charge in [-0.3, -0.25) is 9.69 Å². The van der Waals surface area contributed by atoms with Crippen LogP contribution in [-0.4, -0.2) is 53.7 Å². The van der Waals surface area contributed by atoms with Gasteiger partial charge in [0.25, 0.3) is 0 Å². The molecule has 0 aromatic heterocycles. The SMILES string of the molecule is O=C(O)c1ccc(F)c(NC(=O)C2(N3CCOCC3)CC2)c1. The molecule has 0 radical (unpaired) electrons. The zero-order chi connectivity index (χ0) is 15.7. The highest BCUT2D eigenvalue weighted by molar-refractivity contribution is 6.01. The number of anilines is 1. The van der Waals surface area contributed by atoms with E-state index < -0.39 is 17.3 Å². The number of hydrogen-bond acceptors (Lipinski definition) is 4. The number of carboxylic acids is 1. The molecule has 0 bridgehead atoms. The van der Waals surface area contributed by atoms with Gasteiger partial charge in [-0.25, -0.2) is 9.18 Å². The number of ether oxygens (including phenoxy) is 1. The van der Waals surface area contributed by atoms with Crippen molar-refractivity contribution >= 4 is 17.6 Å². The normalized spacial score (nSPS) is 20.4. The average molecular weight is 308 g/mol. The Balaban J connectivity index is 1.76. The number of morpholine rings is 1. The Kier molecular flexibility index (Phi) is 3.84. The van der Waals surface area contributed by atoms with Crippen LogP contribution in [0.15, 0.2) is 18.2 Å². The van der Waals surface area contributed by atoms with Crippen LogP contribution in [0.25, 0.3) is 0 Å². The minimum Gasteiger partial charge on any atom is -0.478 e. The molecular weight excluding hydrogens is 291 g/mol. The molecule has 0 unspecified atom stereocenters. The second-order valence-corrected chi connectivity index (χ2v) is 5.58. The van der Waals surface area contributed by atoms with Crippen LogP contribution >= 0.6 is 0 Å². The van der Waals surface area contributed by atoms with Crippen molar-refractivity contribution in [2.75, 3.05) is 31.6 Å². The van der Waals surface area contributed by atoms with Crippen molar-refractivity contribution in [1.29, 1.82) is 0 Å². The van der Waals surface area contributed by atoms with Crippen LogP contribution in [0.2, 0.25) is 0 Å². The number of hydrogen-bond donors (Lipinski definition) is 2. The Labute approximate surface area is 126 Å². The van der Waals surface area contributed by atoms with Crippen molar-refractivity contribution in [2.24, 2.45) is 0 Å². The molecule has 1 aliphatic heterocycles. The van der Waals surface area contributed by atoms with Crippen LogP contribution in [0.1, 0.15) is 23.2 Å². The van der Waals surface area contributed by atoms with Crippen LogP contribution in [0.3, 0.4) is 0 Å². The lowest BCUT2D eigenvalue weighted by Crippen LogP contribution is -2.51. The molecule has 1 saturated heterocycles. The van der Waals surface area contributed by atoms with E-state index in [0.29, 0.717) is 26.3 Å². The molecular formula is C15H17FN2O4. The first-order chi connectivity index (χ1) is 10.5. The highest BCUT2D eigenvalue weighted by Gasteiger charge is 2.54. The topological polar surface area (TPSA) is 78.9 Å². The number of amides is 1. The van der Waals surface area contributed by atoms with Gasteiger partial charge in [0.2, 0.25) is 5.91 Å². The Morgan fingerprint density at radius 1 is 1.27 bits per heavy atom. The Bertz CT molecular complexity index is 610. The van der Waals surface area contributed by atoms with E-state index >= 15 is 0 Å². The van der Waals surface area contributed by atoms with Crippen LogP contribution in [-0.2, 0) is 9.53 Å². The van der Waals surface area contributed by atoms with Gasteiger partial charge in [0.15, 0.2) is 0 Å². The van der Waals surface area contributed by atoms with E-state index in [1.165, 1.54) is 6.07 Å². The summed E-state index contributed by atoms with van der Waals surface area (Å²) in [6.45, 7) is 2.51. The molecule has 6 nitrogen and oxygen atoms in total. The molecule has 0 spiro atoms. The van der Waals surface area contributed by atoms with Crippen molar-refractivity contribution in [2.45, 2.75) is 18.4 Å². The van der Waals surface area contributed by atoms with E-state index in [9.17, 15) is 14.0 Å². The number of carbonyl (C=O) groups excluding carboxylic acids is 1. The predicted octanol–water partition coefficient (Wildman–Crippen LogP) is 1.33. The van der Waals surface area contributed by atoms with Crippen LogP contribution in [0.4, 0.5) is 10.1 Å². The standard InChI is InChI=1S/C15H17FN2O4/c16-11-2-1-10(13(19)20)9-12(11)17-14(21)15(3-4-15)18-5-7-22-8-6-18/h1-2,9H,3-8H2,(H,17,21)(H,19,20). The summed E-state index contributed by atoms with van der Waals surface area (Å²) in [5, 5.41) is 11.5. The fourth-order valence-corrected chi connectivity index (χ4v) is 2.79. The van der Waals surface area contributed by atoms with E-state index in [2.05, 4.69) is 10.2 Å². The molecule has 3 rings (SSSR count). The van der Waals surface area contributed by atoms with Gasteiger partial charge in [0, 0.05) is 13.1 Å². The number of halogens is 1. The van der Waals surface area contributed by atoms with Gasteiger partial charge in [-0.15, -0.1) is 0 Å². The van der Waals surface area contributed by atoms with Crippen molar-refractivity contribution in [1.82, 2.24) is 4.90 Å². The molecule has 22 heavy (non-hydrogen) atoms. The van der Waals surface area contributed by atoms with E-state index in [-0.39, 0.29) is 17.2 Å². The maximum absolute atomic E-state index is 13.8. The van der Waals surface area contributed by atoms with Crippen molar-refractivity contribution < 1.29 is 23.8 Å². The van der Waals surface area contributed by atoms with Gasteiger partial charge in [-0.2, -0.15) is 0 Å². The lowest BCUT2D eigenvalue weighted by atomic mass is 10.1. The molecule has 1 saturated carbocycles. The van der Waals surface area contributed by atoms with Crippen molar-refractivity contribution in [3.05, 3.63) is 29.6 Å². The largest absolute Gasteiger partial charge is 0.478 e. The predicted molar refractivity (Wildman–Crippen MR) is 76.3 cm³/mol.